The molecule has 0 radical (unpaired) electrons. The second kappa shape index (κ2) is 5.10. The number of hydrogen-bond acceptors (Lipinski definition) is 5. The smallest absolute Gasteiger partial charge is 0.243 e. The molecule has 1 aliphatic rings. The van der Waals surface area contributed by atoms with Crippen molar-refractivity contribution in [2.24, 2.45) is 0 Å². The fraction of sp³-hybridized carbons (Fsp3) is 0.455. The maximum absolute atomic E-state index is 12.3. The molecule has 0 bridgehead atoms. The van der Waals surface area contributed by atoms with Gasteiger partial charge in [0, 0.05) is 13.1 Å². The lowest BCUT2D eigenvalue weighted by atomic mass is 10.3. The highest BCUT2D eigenvalue weighted by molar-refractivity contribution is 7.91. The third kappa shape index (κ3) is 3.26. The summed E-state index contributed by atoms with van der Waals surface area (Å²) in [7, 11) is -6.91. The number of phenols is 1. The molecule has 0 amide bonds. The molecule has 19 heavy (non-hydrogen) atoms. The Balaban J connectivity index is 2.30. The van der Waals surface area contributed by atoms with E-state index in [4.69, 9.17) is 0 Å². The fourth-order valence-corrected chi connectivity index (χ4v) is 4.86. The van der Waals surface area contributed by atoms with Gasteiger partial charge in [0.25, 0.3) is 0 Å². The zero-order valence-corrected chi connectivity index (χ0v) is 11.8. The highest BCUT2D eigenvalue weighted by Crippen LogP contribution is 2.21. The molecule has 0 saturated carbocycles. The summed E-state index contributed by atoms with van der Waals surface area (Å²) in [4.78, 5) is -0.0215. The van der Waals surface area contributed by atoms with Gasteiger partial charge in [-0.25, -0.2) is 16.8 Å². The Morgan fingerprint density at radius 2 is 1.89 bits per heavy atom. The minimum atomic E-state index is -3.75. The van der Waals surface area contributed by atoms with Crippen LogP contribution in [-0.2, 0) is 19.9 Å². The van der Waals surface area contributed by atoms with Crippen molar-refractivity contribution in [3.05, 3.63) is 24.3 Å². The lowest BCUT2D eigenvalue weighted by molar-refractivity contribution is 0.433. The van der Waals surface area contributed by atoms with E-state index in [1.54, 1.807) is 0 Å². The van der Waals surface area contributed by atoms with E-state index in [1.807, 2.05) is 0 Å². The number of sulfone groups is 1. The molecule has 106 valence electrons. The monoisotopic (exact) mass is 305 g/mol. The zero-order chi connectivity index (χ0) is 14.1. The first-order valence-corrected chi connectivity index (χ1v) is 9.07. The van der Waals surface area contributed by atoms with Crippen molar-refractivity contribution in [2.45, 2.75) is 11.3 Å². The van der Waals surface area contributed by atoms with Crippen LogP contribution >= 0.6 is 0 Å². The summed E-state index contributed by atoms with van der Waals surface area (Å²) in [6.45, 7) is 0.136. The van der Waals surface area contributed by atoms with Crippen molar-refractivity contribution < 1.29 is 21.9 Å². The van der Waals surface area contributed by atoms with E-state index in [0.29, 0.717) is 6.42 Å². The van der Waals surface area contributed by atoms with Crippen LogP contribution in [0.25, 0.3) is 0 Å². The number of phenolic OH excluding ortho intramolecular Hbond substituents is 1. The third-order valence-electron chi connectivity index (χ3n) is 2.97. The Hall–Kier alpha value is -1.12. The molecule has 1 saturated heterocycles. The normalized spacial score (nSPS) is 20.8. The van der Waals surface area contributed by atoms with Gasteiger partial charge in [0.15, 0.2) is 9.84 Å². The predicted molar refractivity (Wildman–Crippen MR) is 70.1 cm³/mol. The fourth-order valence-electron chi connectivity index (χ4n) is 1.95. The van der Waals surface area contributed by atoms with Gasteiger partial charge >= 0.3 is 0 Å². The highest BCUT2D eigenvalue weighted by Gasteiger charge is 2.29. The molecule has 1 fully saturated rings. The first-order valence-electron chi connectivity index (χ1n) is 5.81. The summed E-state index contributed by atoms with van der Waals surface area (Å²) in [5.74, 6) is -0.284. The molecule has 1 N–H and O–H groups in total. The molecule has 0 aromatic heterocycles. The Morgan fingerprint density at radius 3 is 2.58 bits per heavy atom. The van der Waals surface area contributed by atoms with E-state index in [9.17, 15) is 21.9 Å². The van der Waals surface area contributed by atoms with Gasteiger partial charge in [0.1, 0.15) is 5.75 Å². The van der Waals surface area contributed by atoms with Gasteiger partial charge in [-0.15, -0.1) is 0 Å². The van der Waals surface area contributed by atoms with Crippen LogP contribution in [0, 0.1) is 0 Å². The first-order chi connectivity index (χ1) is 8.81. The van der Waals surface area contributed by atoms with E-state index in [0.717, 1.165) is 10.4 Å². The number of nitrogens with zero attached hydrogens (tertiary/aromatic N) is 1. The SMILES string of the molecule is O=S1(=O)CCCN(S(=O)(=O)c2cccc(O)c2)CC1. The van der Waals surface area contributed by atoms with Gasteiger partial charge in [-0.05, 0) is 24.6 Å². The molecule has 2 rings (SSSR count). The molecule has 1 heterocycles. The lowest BCUT2D eigenvalue weighted by Crippen LogP contribution is -2.33. The Bertz CT molecular complexity index is 666. The number of aromatic hydroxyl groups is 1. The highest BCUT2D eigenvalue weighted by atomic mass is 32.2. The van der Waals surface area contributed by atoms with Crippen LogP contribution in [0.2, 0.25) is 0 Å². The van der Waals surface area contributed by atoms with Crippen molar-refractivity contribution in [1.82, 2.24) is 4.31 Å². The lowest BCUT2D eigenvalue weighted by Gasteiger charge is -2.19. The summed E-state index contributed by atoms with van der Waals surface area (Å²) >= 11 is 0. The molecule has 8 heteroatoms. The average molecular weight is 305 g/mol. The Kier molecular flexibility index (Phi) is 3.84. The van der Waals surface area contributed by atoms with Gasteiger partial charge < -0.3 is 5.11 Å². The summed E-state index contributed by atoms with van der Waals surface area (Å²) in [6.07, 6.45) is 0.292. The largest absolute Gasteiger partial charge is 0.508 e. The second-order valence-electron chi connectivity index (χ2n) is 4.41. The molecule has 0 aliphatic carbocycles. The van der Waals surface area contributed by atoms with Crippen LogP contribution in [0.15, 0.2) is 29.2 Å². The number of hydrogen-bond donors (Lipinski definition) is 1. The number of sulfonamides is 1. The Labute approximate surface area is 112 Å². The van der Waals surface area contributed by atoms with Crippen molar-refractivity contribution in [1.29, 1.82) is 0 Å². The maximum atomic E-state index is 12.3. The topological polar surface area (TPSA) is 91.8 Å². The molecule has 1 aromatic carbocycles. The van der Waals surface area contributed by atoms with Gasteiger partial charge in [0.2, 0.25) is 10.0 Å². The first kappa shape index (κ1) is 14.3. The Morgan fingerprint density at radius 1 is 1.16 bits per heavy atom. The van der Waals surface area contributed by atoms with E-state index < -0.39 is 19.9 Å². The molecule has 0 unspecified atom stereocenters. The second-order valence-corrected chi connectivity index (χ2v) is 8.65. The number of rotatable bonds is 2. The minimum Gasteiger partial charge on any atom is -0.508 e. The molecule has 1 aromatic rings. The van der Waals surface area contributed by atoms with E-state index in [-0.39, 0.29) is 35.2 Å². The van der Waals surface area contributed by atoms with Crippen LogP contribution in [0.1, 0.15) is 6.42 Å². The quantitative estimate of drug-likeness (QED) is 0.843. The van der Waals surface area contributed by atoms with Crippen molar-refractivity contribution in [3.63, 3.8) is 0 Å². The van der Waals surface area contributed by atoms with E-state index >= 15 is 0 Å². The summed E-state index contributed by atoms with van der Waals surface area (Å²) in [6, 6.07) is 5.37. The van der Waals surface area contributed by atoms with Crippen molar-refractivity contribution in [2.75, 3.05) is 24.6 Å². The zero-order valence-electron chi connectivity index (χ0n) is 10.2. The van der Waals surface area contributed by atoms with Crippen LogP contribution in [0.4, 0.5) is 0 Å². The molecule has 6 nitrogen and oxygen atoms in total. The van der Waals surface area contributed by atoms with Gasteiger partial charge in [-0.1, -0.05) is 6.07 Å². The van der Waals surface area contributed by atoms with Crippen molar-refractivity contribution in [3.8, 4) is 5.75 Å². The molecule has 0 spiro atoms. The maximum Gasteiger partial charge on any atom is 0.243 e. The molecule has 1 aliphatic heterocycles. The summed E-state index contributed by atoms with van der Waals surface area (Å²) < 4.78 is 48.7. The summed E-state index contributed by atoms with van der Waals surface area (Å²) in [5, 5.41) is 9.33. The van der Waals surface area contributed by atoms with Gasteiger partial charge in [-0.3, -0.25) is 0 Å². The van der Waals surface area contributed by atoms with Crippen LogP contribution in [0.5, 0.6) is 5.75 Å². The molecule has 0 atom stereocenters. The predicted octanol–water partition coefficient (Wildman–Crippen LogP) is 0.201. The van der Waals surface area contributed by atoms with Crippen LogP contribution in [-0.4, -0.2) is 50.8 Å². The van der Waals surface area contributed by atoms with Crippen LogP contribution < -0.4 is 0 Å². The summed E-state index contributed by atoms with van der Waals surface area (Å²) in [5.41, 5.74) is 0. The van der Waals surface area contributed by atoms with E-state index in [1.165, 1.54) is 18.2 Å². The van der Waals surface area contributed by atoms with Gasteiger partial charge in [0.05, 0.1) is 16.4 Å². The minimum absolute atomic E-state index is 0.0130. The number of benzene rings is 1. The van der Waals surface area contributed by atoms with Crippen LogP contribution in [0.3, 0.4) is 0 Å². The standard InChI is InChI=1S/C11H15NO5S2/c13-10-3-1-4-11(9-10)19(16,17)12-5-2-7-18(14,15)8-6-12/h1,3-4,9,13H,2,5-8H2. The van der Waals surface area contributed by atoms with Gasteiger partial charge in [-0.2, -0.15) is 4.31 Å². The molecular formula is C11H15NO5S2. The third-order valence-corrected chi connectivity index (χ3v) is 6.58. The molecular weight excluding hydrogens is 290 g/mol. The average Bonchev–Trinajstić information content (AvgIpc) is 2.50. The van der Waals surface area contributed by atoms with Crippen molar-refractivity contribution >= 4 is 19.9 Å². The van der Waals surface area contributed by atoms with E-state index in [2.05, 4.69) is 0 Å².